The second-order valence-corrected chi connectivity index (χ2v) is 7.56. The Labute approximate surface area is 168 Å². The van der Waals surface area contributed by atoms with Gasteiger partial charge in [-0.25, -0.2) is 0 Å². The SMILES string of the molecule is Cc1ccc(N2CCc3c(cccc3NC(=O)c3n[nH]c4c3CNCC4)C2)nn1. The molecule has 3 N–H and O–H groups in total. The van der Waals surface area contributed by atoms with E-state index in [-0.39, 0.29) is 5.91 Å². The molecule has 4 heterocycles. The number of fused-ring (bicyclic) bond motifs is 2. The molecule has 2 aliphatic heterocycles. The largest absolute Gasteiger partial charge is 0.350 e. The number of hydrogen-bond acceptors (Lipinski definition) is 6. The Hall–Kier alpha value is -3.26. The van der Waals surface area contributed by atoms with Crippen LogP contribution in [0.1, 0.15) is 38.6 Å². The van der Waals surface area contributed by atoms with E-state index in [0.29, 0.717) is 12.2 Å². The summed E-state index contributed by atoms with van der Waals surface area (Å²) in [6, 6.07) is 10.1. The molecule has 148 valence electrons. The third kappa shape index (κ3) is 3.36. The molecule has 2 aromatic heterocycles. The van der Waals surface area contributed by atoms with Crippen LogP contribution in [0.25, 0.3) is 0 Å². The number of amides is 1. The molecule has 0 radical (unpaired) electrons. The van der Waals surface area contributed by atoms with Crippen molar-refractivity contribution in [3.05, 3.63) is 64.1 Å². The maximum absolute atomic E-state index is 12.9. The van der Waals surface area contributed by atoms with Gasteiger partial charge in [-0.1, -0.05) is 12.1 Å². The molecule has 0 fully saturated rings. The molecule has 8 heteroatoms. The lowest BCUT2D eigenvalue weighted by Crippen LogP contribution is -2.32. The van der Waals surface area contributed by atoms with Gasteiger partial charge in [0.05, 0.1) is 5.69 Å². The third-order valence-electron chi connectivity index (χ3n) is 5.64. The van der Waals surface area contributed by atoms with Crippen LogP contribution in [0.3, 0.4) is 0 Å². The van der Waals surface area contributed by atoms with Gasteiger partial charge in [-0.15, -0.1) is 5.10 Å². The molecular weight excluding hydrogens is 366 g/mol. The van der Waals surface area contributed by atoms with E-state index in [1.165, 1.54) is 11.1 Å². The number of nitrogens with one attached hydrogen (secondary N) is 3. The van der Waals surface area contributed by atoms with Crippen molar-refractivity contribution >= 4 is 17.4 Å². The maximum atomic E-state index is 12.9. The molecular formula is C21H23N7O. The van der Waals surface area contributed by atoms with Gasteiger partial charge in [0.15, 0.2) is 11.5 Å². The Balaban J connectivity index is 1.37. The zero-order chi connectivity index (χ0) is 19.8. The van der Waals surface area contributed by atoms with Gasteiger partial charge in [0.2, 0.25) is 0 Å². The summed E-state index contributed by atoms with van der Waals surface area (Å²) in [7, 11) is 0. The zero-order valence-corrected chi connectivity index (χ0v) is 16.3. The quantitative estimate of drug-likeness (QED) is 0.633. The Morgan fingerprint density at radius 3 is 2.93 bits per heavy atom. The fourth-order valence-electron chi connectivity index (χ4n) is 4.08. The van der Waals surface area contributed by atoms with Crippen LogP contribution in [-0.2, 0) is 25.9 Å². The van der Waals surface area contributed by atoms with Crippen LogP contribution < -0.4 is 15.5 Å². The van der Waals surface area contributed by atoms with Crippen molar-refractivity contribution < 1.29 is 4.79 Å². The molecule has 0 bridgehead atoms. The Bertz CT molecular complexity index is 1060. The van der Waals surface area contributed by atoms with Crippen LogP contribution >= 0.6 is 0 Å². The summed E-state index contributed by atoms with van der Waals surface area (Å²) in [5.74, 6) is 0.720. The molecule has 29 heavy (non-hydrogen) atoms. The predicted molar refractivity (Wildman–Crippen MR) is 110 cm³/mol. The van der Waals surface area contributed by atoms with Crippen LogP contribution in [0.2, 0.25) is 0 Å². The normalized spacial score (nSPS) is 15.6. The van der Waals surface area contributed by atoms with Crippen LogP contribution in [0, 0.1) is 6.92 Å². The number of nitrogens with zero attached hydrogens (tertiary/aromatic N) is 4. The number of anilines is 2. The highest BCUT2D eigenvalue weighted by molar-refractivity contribution is 6.04. The number of carbonyl (C=O) groups excluding carboxylic acids is 1. The standard InChI is InChI=1S/C21H23N7O/c1-13-5-6-19(26-24-13)28-10-8-15-14(12-28)3-2-4-17(15)23-21(29)20-16-11-22-9-7-18(16)25-27-20/h2-6,22H,7-12H2,1H3,(H,23,29)(H,25,27). The van der Waals surface area contributed by atoms with E-state index in [0.717, 1.165) is 60.9 Å². The number of aromatic nitrogens is 4. The van der Waals surface area contributed by atoms with Crippen LogP contribution in [0.5, 0.6) is 0 Å². The molecule has 5 rings (SSSR count). The lowest BCUT2D eigenvalue weighted by Gasteiger charge is -2.30. The molecule has 8 nitrogen and oxygen atoms in total. The average molecular weight is 389 g/mol. The number of benzene rings is 1. The summed E-state index contributed by atoms with van der Waals surface area (Å²) >= 11 is 0. The van der Waals surface area contributed by atoms with E-state index in [2.05, 4.69) is 42.0 Å². The highest BCUT2D eigenvalue weighted by Gasteiger charge is 2.24. The predicted octanol–water partition coefficient (Wildman–Crippen LogP) is 1.97. The van der Waals surface area contributed by atoms with Crippen molar-refractivity contribution in [2.75, 3.05) is 23.3 Å². The first-order chi connectivity index (χ1) is 14.2. The van der Waals surface area contributed by atoms with Gasteiger partial charge in [-0.2, -0.15) is 10.2 Å². The van der Waals surface area contributed by atoms with Gasteiger partial charge < -0.3 is 15.5 Å². The van der Waals surface area contributed by atoms with Gasteiger partial charge in [-0.3, -0.25) is 9.89 Å². The fraction of sp³-hybridized carbons (Fsp3) is 0.333. The van der Waals surface area contributed by atoms with Gasteiger partial charge >= 0.3 is 0 Å². The smallest absolute Gasteiger partial charge is 0.276 e. The molecule has 0 saturated carbocycles. The van der Waals surface area contributed by atoms with Crippen molar-refractivity contribution in [3.8, 4) is 0 Å². The zero-order valence-electron chi connectivity index (χ0n) is 16.3. The molecule has 0 atom stereocenters. The summed E-state index contributed by atoms with van der Waals surface area (Å²) in [4.78, 5) is 15.1. The average Bonchev–Trinajstić information content (AvgIpc) is 3.18. The molecule has 1 aromatic carbocycles. The highest BCUT2D eigenvalue weighted by Crippen LogP contribution is 2.29. The van der Waals surface area contributed by atoms with E-state index < -0.39 is 0 Å². The van der Waals surface area contributed by atoms with E-state index >= 15 is 0 Å². The minimum absolute atomic E-state index is 0.161. The lowest BCUT2D eigenvalue weighted by atomic mass is 9.97. The molecule has 3 aromatic rings. The number of carbonyl (C=O) groups is 1. The second kappa shape index (κ2) is 7.29. The summed E-state index contributed by atoms with van der Waals surface area (Å²) in [6.07, 6.45) is 1.70. The number of aryl methyl sites for hydroxylation is 1. The molecule has 1 amide bonds. The van der Waals surface area contributed by atoms with E-state index in [1.807, 2.05) is 31.2 Å². The van der Waals surface area contributed by atoms with Crippen molar-refractivity contribution in [1.82, 2.24) is 25.7 Å². The molecule has 0 spiro atoms. The van der Waals surface area contributed by atoms with Gasteiger partial charge in [0, 0.05) is 49.5 Å². The van der Waals surface area contributed by atoms with Crippen molar-refractivity contribution in [2.24, 2.45) is 0 Å². The summed E-state index contributed by atoms with van der Waals surface area (Å²) in [6.45, 7) is 5.10. The molecule has 2 aliphatic rings. The minimum Gasteiger partial charge on any atom is -0.350 e. The molecule has 0 saturated heterocycles. The van der Waals surface area contributed by atoms with Crippen molar-refractivity contribution in [1.29, 1.82) is 0 Å². The van der Waals surface area contributed by atoms with Gasteiger partial charge in [0.1, 0.15) is 0 Å². The number of aromatic amines is 1. The summed E-state index contributed by atoms with van der Waals surface area (Å²) in [5.41, 5.74) is 6.66. The Kier molecular flexibility index (Phi) is 4.48. The Morgan fingerprint density at radius 2 is 2.07 bits per heavy atom. The molecule has 0 aliphatic carbocycles. The number of rotatable bonds is 3. The van der Waals surface area contributed by atoms with Crippen molar-refractivity contribution in [3.63, 3.8) is 0 Å². The first-order valence-electron chi connectivity index (χ1n) is 9.93. The van der Waals surface area contributed by atoms with Crippen LogP contribution in [0.4, 0.5) is 11.5 Å². The monoisotopic (exact) mass is 389 g/mol. The minimum atomic E-state index is -0.161. The Morgan fingerprint density at radius 1 is 1.14 bits per heavy atom. The van der Waals surface area contributed by atoms with E-state index in [4.69, 9.17) is 0 Å². The maximum Gasteiger partial charge on any atom is 0.276 e. The van der Waals surface area contributed by atoms with E-state index in [1.54, 1.807) is 0 Å². The highest BCUT2D eigenvalue weighted by atomic mass is 16.2. The summed E-state index contributed by atoms with van der Waals surface area (Å²) in [5, 5.41) is 22.1. The first kappa shape index (κ1) is 17.8. The number of hydrogen-bond donors (Lipinski definition) is 3. The number of H-pyrrole nitrogens is 1. The second-order valence-electron chi connectivity index (χ2n) is 7.56. The van der Waals surface area contributed by atoms with Crippen molar-refractivity contribution in [2.45, 2.75) is 32.9 Å². The third-order valence-corrected chi connectivity index (χ3v) is 5.64. The van der Waals surface area contributed by atoms with Crippen LogP contribution in [0.15, 0.2) is 30.3 Å². The fourth-order valence-corrected chi connectivity index (χ4v) is 4.08. The first-order valence-corrected chi connectivity index (χ1v) is 9.93. The lowest BCUT2D eigenvalue weighted by molar-refractivity contribution is 0.102. The van der Waals surface area contributed by atoms with Crippen LogP contribution in [-0.4, -0.2) is 39.4 Å². The van der Waals surface area contributed by atoms with Gasteiger partial charge in [0.25, 0.3) is 5.91 Å². The molecule has 0 unspecified atom stereocenters. The van der Waals surface area contributed by atoms with Gasteiger partial charge in [-0.05, 0) is 42.7 Å². The van der Waals surface area contributed by atoms with E-state index in [9.17, 15) is 4.79 Å². The summed E-state index contributed by atoms with van der Waals surface area (Å²) < 4.78 is 0. The topological polar surface area (TPSA) is 98.8 Å².